The average molecular weight is 370 g/mol. The minimum Gasteiger partial charge on any atom is -0.497 e. The van der Waals surface area contributed by atoms with Gasteiger partial charge in [-0.3, -0.25) is 4.79 Å². The lowest BCUT2D eigenvalue weighted by molar-refractivity contribution is 0.0999. The van der Waals surface area contributed by atoms with Crippen LogP contribution in [0.15, 0.2) is 59.7 Å². The lowest BCUT2D eigenvalue weighted by Gasteiger charge is -2.12. The summed E-state index contributed by atoms with van der Waals surface area (Å²) in [5.41, 5.74) is 1.59. The van der Waals surface area contributed by atoms with Gasteiger partial charge in [0, 0.05) is 10.6 Å². The van der Waals surface area contributed by atoms with E-state index in [1.807, 2.05) is 13.0 Å². The zero-order valence-electron chi connectivity index (χ0n) is 12.1. The van der Waals surface area contributed by atoms with Gasteiger partial charge in [0.15, 0.2) is 5.78 Å². The third kappa shape index (κ3) is 5.18. The van der Waals surface area contributed by atoms with Crippen LogP contribution >= 0.6 is 27.5 Å². The number of allylic oxidation sites excluding steroid dienone is 5. The highest BCUT2D eigenvalue weighted by Crippen LogP contribution is 2.22. The Morgan fingerprint density at radius 2 is 2.00 bits per heavy atom. The van der Waals surface area contributed by atoms with Crippen LogP contribution in [-0.2, 0) is 0 Å². The Hall–Kier alpha value is -1.32. The Bertz CT molecular complexity index is 559. The molecular formula is C17H18BrClO2. The molecule has 0 aliphatic rings. The summed E-state index contributed by atoms with van der Waals surface area (Å²) in [7, 11) is 1.59. The van der Waals surface area contributed by atoms with Gasteiger partial charge in [-0.1, -0.05) is 53.2 Å². The summed E-state index contributed by atoms with van der Waals surface area (Å²) in [5.74, 6) is 0.735. The number of carbonyl (C=O) groups excluding carboxylic acids is 1. The molecular weight excluding hydrogens is 352 g/mol. The van der Waals surface area contributed by atoms with Crippen LogP contribution in [0.25, 0.3) is 0 Å². The van der Waals surface area contributed by atoms with Crippen molar-refractivity contribution in [2.75, 3.05) is 7.11 Å². The fourth-order valence-electron chi connectivity index (χ4n) is 1.71. The van der Waals surface area contributed by atoms with Crippen molar-refractivity contribution in [3.05, 3.63) is 65.2 Å². The molecule has 0 spiro atoms. The summed E-state index contributed by atoms with van der Waals surface area (Å²) in [6.45, 7) is 5.59. The molecule has 0 radical (unpaired) electrons. The first-order valence-electron chi connectivity index (χ1n) is 6.54. The van der Waals surface area contributed by atoms with E-state index in [-0.39, 0.29) is 10.6 Å². The second kappa shape index (κ2) is 8.85. The molecule has 0 bridgehead atoms. The fourth-order valence-corrected chi connectivity index (χ4v) is 2.51. The third-order valence-electron chi connectivity index (χ3n) is 2.99. The zero-order chi connectivity index (χ0) is 15.8. The van der Waals surface area contributed by atoms with E-state index in [2.05, 4.69) is 22.5 Å². The summed E-state index contributed by atoms with van der Waals surface area (Å²) < 4.78 is 5.09. The normalized spacial score (nSPS) is 13.7. The summed E-state index contributed by atoms with van der Waals surface area (Å²) in [6.07, 6.45) is 5.89. The number of ether oxygens (including phenoxy) is 1. The summed E-state index contributed by atoms with van der Waals surface area (Å²) in [4.78, 5) is 12.1. The van der Waals surface area contributed by atoms with E-state index >= 15 is 0 Å². The maximum atomic E-state index is 12.5. The van der Waals surface area contributed by atoms with Crippen molar-refractivity contribution in [1.29, 1.82) is 0 Å². The minimum atomic E-state index is -0.374. The number of methoxy groups -OCH3 is 1. The van der Waals surface area contributed by atoms with Gasteiger partial charge < -0.3 is 4.74 Å². The van der Waals surface area contributed by atoms with Crippen molar-refractivity contribution in [1.82, 2.24) is 0 Å². The lowest BCUT2D eigenvalue weighted by Crippen LogP contribution is -2.16. The van der Waals surface area contributed by atoms with Gasteiger partial charge in [-0.05, 0) is 42.3 Å². The number of ketones is 1. The molecule has 0 aromatic heterocycles. The van der Waals surface area contributed by atoms with E-state index in [1.54, 1.807) is 43.5 Å². The summed E-state index contributed by atoms with van der Waals surface area (Å²) in [6, 6.07) is 7.07. The molecule has 0 saturated heterocycles. The van der Waals surface area contributed by atoms with E-state index < -0.39 is 0 Å². The highest BCUT2D eigenvalue weighted by Gasteiger charge is 2.19. The predicted molar refractivity (Wildman–Crippen MR) is 92.5 cm³/mol. The first-order valence-corrected chi connectivity index (χ1v) is 7.83. The van der Waals surface area contributed by atoms with E-state index in [4.69, 9.17) is 16.3 Å². The van der Waals surface area contributed by atoms with Crippen LogP contribution in [0.4, 0.5) is 0 Å². The molecule has 1 atom stereocenters. The van der Waals surface area contributed by atoms with Gasteiger partial charge in [0.25, 0.3) is 0 Å². The van der Waals surface area contributed by atoms with E-state index in [0.717, 1.165) is 17.7 Å². The molecule has 0 saturated carbocycles. The quantitative estimate of drug-likeness (QED) is 0.371. The molecule has 1 aromatic carbocycles. The highest BCUT2D eigenvalue weighted by atomic mass is 79.9. The number of halogens is 2. The smallest absolute Gasteiger partial charge is 0.180 e. The van der Waals surface area contributed by atoms with Crippen molar-refractivity contribution >= 4 is 33.3 Å². The molecule has 0 fully saturated rings. The molecule has 0 heterocycles. The number of hydrogen-bond donors (Lipinski definition) is 0. The van der Waals surface area contributed by atoms with Gasteiger partial charge in [0.2, 0.25) is 0 Å². The number of benzene rings is 1. The monoisotopic (exact) mass is 368 g/mol. The molecule has 2 nitrogen and oxygen atoms in total. The average Bonchev–Trinajstić information content (AvgIpc) is 2.54. The predicted octanol–water partition coefficient (Wildman–Crippen LogP) is 5.29. The largest absolute Gasteiger partial charge is 0.497 e. The standard InChI is InChI=1S/C17H18BrClO2/c1-4-12(6-9-14(19)5-2)16(18)17(20)13-7-10-15(21-3)11-8-13/h5-11,16H,2,4H2,1,3H3/b12-6+,14-9+. The van der Waals surface area contributed by atoms with Crippen LogP contribution in [-0.4, -0.2) is 17.7 Å². The molecule has 0 amide bonds. The Balaban J connectivity index is 2.95. The first kappa shape index (κ1) is 17.7. The zero-order valence-corrected chi connectivity index (χ0v) is 14.4. The summed E-state index contributed by atoms with van der Waals surface area (Å²) >= 11 is 9.35. The van der Waals surface area contributed by atoms with E-state index in [0.29, 0.717) is 10.6 Å². The van der Waals surface area contributed by atoms with Crippen molar-refractivity contribution in [2.45, 2.75) is 18.2 Å². The van der Waals surface area contributed by atoms with Gasteiger partial charge in [0.1, 0.15) is 5.75 Å². The molecule has 1 rings (SSSR count). The Morgan fingerprint density at radius 3 is 2.48 bits per heavy atom. The molecule has 0 aliphatic carbocycles. The third-order valence-corrected chi connectivity index (χ3v) is 4.27. The maximum absolute atomic E-state index is 12.5. The van der Waals surface area contributed by atoms with Gasteiger partial charge in [-0.15, -0.1) is 0 Å². The van der Waals surface area contributed by atoms with Gasteiger partial charge >= 0.3 is 0 Å². The van der Waals surface area contributed by atoms with E-state index in [1.165, 1.54) is 0 Å². The number of Topliss-reactive ketones (excluding diaryl/α,β-unsaturated/α-hetero) is 1. The number of alkyl halides is 1. The lowest BCUT2D eigenvalue weighted by atomic mass is 10.0. The molecule has 21 heavy (non-hydrogen) atoms. The van der Waals surface area contributed by atoms with Crippen LogP contribution in [0.5, 0.6) is 5.75 Å². The van der Waals surface area contributed by atoms with Crippen molar-refractivity contribution in [3.63, 3.8) is 0 Å². The Kier molecular flexibility index (Phi) is 7.48. The van der Waals surface area contributed by atoms with Crippen molar-refractivity contribution < 1.29 is 9.53 Å². The van der Waals surface area contributed by atoms with Crippen molar-refractivity contribution in [3.8, 4) is 5.75 Å². The molecule has 0 N–H and O–H groups in total. The first-order chi connectivity index (χ1) is 10.0. The SMILES string of the molecule is C=C/C(Cl)=C\C=C(/CC)C(Br)C(=O)c1ccc(OC)cc1. The van der Waals surface area contributed by atoms with E-state index in [9.17, 15) is 4.79 Å². The molecule has 0 aliphatic heterocycles. The van der Waals surface area contributed by atoms with Crippen LogP contribution in [0, 0.1) is 0 Å². The maximum Gasteiger partial charge on any atom is 0.180 e. The van der Waals surface area contributed by atoms with Crippen LogP contribution < -0.4 is 4.74 Å². The Morgan fingerprint density at radius 1 is 1.38 bits per heavy atom. The molecule has 112 valence electrons. The summed E-state index contributed by atoms with van der Waals surface area (Å²) in [5, 5.41) is 0.539. The molecule has 1 aromatic rings. The van der Waals surface area contributed by atoms with Crippen LogP contribution in [0.1, 0.15) is 23.7 Å². The van der Waals surface area contributed by atoms with Gasteiger partial charge in [-0.2, -0.15) is 0 Å². The van der Waals surface area contributed by atoms with Gasteiger partial charge in [0.05, 0.1) is 11.9 Å². The number of rotatable bonds is 7. The second-order valence-corrected chi connectivity index (χ2v) is 5.66. The fraction of sp³-hybridized carbons (Fsp3) is 0.235. The number of carbonyl (C=O) groups is 1. The van der Waals surface area contributed by atoms with Crippen LogP contribution in [0.2, 0.25) is 0 Å². The van der Waals surface area contributed by atoms with Crippen molar-refractivity contribution in [2.24, 2.45) is 0 Å². The Labute approximate surface area is 139 Å². The second-order valence-electron chi connectivity index (χ2n) is 4.31. The highest BCUT2D eigenvalue weighted by molar-refractivity contribution is 9.10. The molecule has 4 heteroatoms. The van der Waals surface area contributed by atoms with Gasteiger partial charge in [-0.25, -0.2) is 0 Å². The number of hydrogen-bond acceptors (Lipinski definition) is 2. The topological polar surface area (TPSA) is 26.3 Å². The minimum absolute atomic E-state index is 0.00822. The molecule has 1 unspecified atom stereocenters. The van der Waals surface area contributed by atoms with Crippen LogP contribution in [0.3, 0.4) is 0 Å².